The van der Waals surface area contributed by atoms with Crippen LogP contribution in [0.4, 0.5) is 0 Å². The molecule has 0 radical (unpaired) electrons. The molecule has 3 heteroatoms. The zero-order valence-corrected chi connectivity index (χ0v) is 30.6. The molecule has 2 aliphatic heterocycles. The minimum atomic E-state index is -0.505. The predicted molar refractivity (Wildman–Crippen MR) is 228 cm³/mol. The van der Waals surface area contributed by atoms with Crippen LogP contribution in [0, 0.1) is 0 Å². The van der Waals surface area contributed by atoms with Crippen LogP contribution in [0.3, 0.4) is 0 Å². The molecule has 1 spiro atoms. The molecule has 1 N–H and O–H groups in total. The van der Waals surface area contributed by atoms with Crippen LogP contribution in [0.15, 0.2) is 211 Å². The summed E-state index contributed by atoms with van der Waals surface area (Å²) < 4.78 is 6.89. The monoisotopic (exact) mass is 716 g/mol. The number of allylic oxidation sites excluding steroid dienone is 1. The van der Waals surface area contributed by atoms with Crippen LogP contribution in [0.1, 0.15) is 45.1 Å². The van der Waals surface area contributed by atoms with Crippen molar-refractivity contribution >= 4 is 11.4 Å². The molecule has 0 saturated heterocycles. The molecule has 8 aromatic carbocycles. The van der Waals surface area contributed by atoms with E-state index in [1.54, 1.807) is 0 Å². The number of nitrogens with zero attached hydrogens (tertiary/aromatic N) is 1. The van der Waals surface area contributed by atoms with Gasteiger partial charge in [-0.05, 0) is 80.4 Å². The minimum Gasteiger partial charge on any atom is -0.457 e. The van der Waals surface area contributed by atoms with Gasteiger partial charge in [-0.2, -0.15) is 0 Å². The summed E-state index contributed by atoms with van der Waals surface area (Å²) in [5, 5.41) is 3.85. The fourth-order valence-electron chi connectivity index (χ4n) is 9.05. The van der Waals surface area contributed by atoms with Crippen molar-refractivity contribution < 1.29 is 4.74 Å². The van der Waals surface area contributed by atoms with Gasteiger partial charge in [0.05, 0.1) is 11.1 Å². The molecule has 8 aromatic rings. The fraction of sp³-hybridized carbons (Fsp3) is 0.0377. The molecule has 11 rings (SSSR count). The third-order valence-electron chi connectivity index (χ3n) is 11.6. The van der Waals surface area contributed by atoms with E-state index in [0.717, 1.165) is 56.3 Å². The summed E-state index contributed by atoms with van der Waals surface area (Å²) in [6.07, 6.45) is 1.88. The topological polar surface area (TPSA) is 33.6 Å². The van der Waals surface area contributed by atoms with E-state index in [9.17, 15) is 0 Å². The molecule has 0 aromatic heterocycles. The third-order valence-corrected chi connectivity index (χ3v) is 11.6. The number of hydrogen-bond donors (Lipinski definition) is 1. The van der Waals surface area contributed by atoms with Gasteiger partial charge >= 0.3 is 0 Å². The zero-order valence-electron chi connectivity index (χ0n) is 30.6. The molecular weight excluding hydrogens is 681 g/mol. The molecule has 0 fully saturated rings. The first kappa shape index (κ1) is 32.2. The van der Waals surface area contributed by atoms with E-state index in [0.29, 0.717) is 0 Å². The molecule has 264 valence electrons. The number of aliphatic imine (C=N–C) groups is 1. The normalized spacial score (nSPS) is 15.6. The van der Waals surface area contributed by atoms with Crippen molar-refractivity contribution in [3.8, 4) is 44.9 Å². The largest absolute Gasteiger partial charge is 0.457 e. The Kier molecular flexibility index (Phi) is 7.46. The number of fused-ring (bicyclic) bond motifs is 9. The molecule has 0 amide bonds. The summed E-state index contributed by atoms with van der Waals surface area (Å²) >= 11 is 0. The van der Waals surface area contributed by atoms with Crippen molar-refractivity contribution in [2.24, 2.45) is 4.99 Å². The van der Waals surface area contributed by atoms with Crippen LogP contribution in [-0.2, 0) is 5.41 Å². The Hall–Kier alpha value is -7.23. The van der Waals surface area contributed by atoms with Crippen LogP contribution >= 0.6 is 0 Å². The Morgan fingerprint density at radius 2 is 0.964 bits per heavy atom. The summed E-state index contributed by atoms with van der Waals surface area (Å²) in [7, 11) is 0. The number of para-hydroxylation sites is 1. The second-order valence-corrected chi connectivity index (χ2v) is 14.7. The number of nitrogens with one attached hydrogen (secondary N) is 1. The Morgan fingerprint density at radius 3 is 1.68 bits per heavy atom. The van der Waals surface area contributed by atoms with E-state index < -0.39 is 5.41 Å². The molecule has 2 heterocycles. The second-order valence-electron chi connectivity index (χ2n) is 14.7. The lowest BCUT2D eigenvalue weighted by molar-refractivity contribution is 0.436. The van der Waals surface area contributed by atoms with Crippen molar-refractivity contribution in [1.29, 1.82) is 0 Å². The van der Waals surface area contributed by atoms with Gasteiger partial charge in [0.15, 0.2) is 0 Å². The maximum Gasteiger partial charge on any atom is 0.145 e. The van der Waals surface area contributed by atoms with Crippen LogP contribution in [-0.4, -0.2) is 5.71 Å². The highest BCUT2D eigenvalue weighted by molar-refractivity contribution is 6.13. The maximum absolute atomic E-state index is 6.89. The predicted octanol–water partition coefficient (Wildman–Crippen LogP) is 12.6. The lowest BCUT2D eigenvalue weighted by Crippen LogP contribution is -2.32. The van der Waals surface area contributed by atoms with E-state index in [1.807, 2.05) is 0 Å². The van der Waals surface area contributed by atoms with Gasteiger partial charge in [0.1, 0.15) is 17.7 Å². The second kappa shape index (κ2) is 13.0. The molecule has 3 nitrogen and oxygen atoms in total. The highest BCUT2D eigenvalue weighted by atomic mass is 16.5. The Bertz CT molecular complexity index is 2830. The van der Waals surface area contributed by atoms with Gasteiger partial charge in [-0.3, -0.25) is 4.99 Å². The molecule has 0 bridgehead atoms. The number of ether oxygens (including phenoxy) is 1. The van der Waals surface area contributed by atoms with Crippen molar-refractivity contribution in [2.45, 2.75) is 11.6 Å². The molecule has 0 unspecified atom stereocenters. The summed E-state index contributed by atoms with van der Waals surface area (Å²) in [5.41, 5.74) is 16.7. The van der Waals surface area contributed by atoms with Crippen molar-refractivity contribution in [3.63, 3.8) is 0 Å². The summed E-state index contributed by atoms with van der Waals surface area (Å²) in [4.78, 5) is 5.39. The first-order valence-corrected chi connectivity index (χ1v) is 19.2. The van der Waals surface area contributed by atoms with Crippen molar-refractivity contribution in [3.05, 3.63) is 245 Å². The van der Waals surface area contributed by atoms with Gasteiger partial charge in [-0.25, -0.2) is 0 Å². The Labute approximate surface area is 327 Å². The average Bonchev–Trinajstić information content (AvgIpc) is 3.57. The SMILES string of the molecule is C1=C(c2ccc3c(c2)Oc2ccccc2C32c3ccccc3-c3ccccc32)N[C@@H](c2cccc(-c3ccccc3)c2)N=C1c1cccc(-c2ccccc2)c1. The molecule has 1 atom stereocenters. The van der Waals surface area contributed by atoms with Gasteiger partial charge in [0, 0.05) is 28.0 Å². The van der Waals surface area contributed by atoms with Crippen molar-refractivity contribution in [1.82, 2.24) is 5.32 Å². The third kappa shape index (κ3) is 5.09. The lowest BCUT2D eigenvalue weighted by atomic mass is 9.66. The maximum atomic E-state index is 6.89. The van der Waals surface area contributed by atoms with Gasteiger partial charge in [0.25, 0.3) is 0 Å². The van der Waals surface area contributed by atoms with E-state index in [1.165, 1.54) is 38.9 Å². The standard InChI is InChI=1S/C53H36N2O/c1-3-15-35(16-4-1)37-19-13-21-39(31-37)48-34-49(55-52(54-48)41-22-14-20-38(32-41)36-17-5-2-6-18-36)40-29-30-47-51(33-40)56-50-28-12-11-27-46(50)53(47)44-25-9-7-23-42(44)43-24-8-10-26-45(43)53/h1-34,52,55H/t52-/m0/s1. The van der Waals surface area contributed by atoms with E-state index >= 15 is 0 Å². The van der Waals surface area contributed by atoms with Crippen LogP contribution in [0.5, 0.6) is 11.5 Å². The molecule has 3 aliphatic rings. The van der Waals surface area contributed by atoms with E-state index in [-0.39, 0.29) is 6.17 Å². The first-order chi connectivity index (χ1) is 27.7. The van der Waals surface area contributed by atoms with E-state index in [2.05, 4.69) is 212 Å². The quantitative estimate of drug-likeness (QED) is 0.192. The van der Waals surface area contributed by atoms with Crippen molar-refractivity contribution in [2.75, 3.05) is 0 Å². The first-order valence-electron chi connectivity index (χ1n) is 19.2. The number of rotatable bonds is 5. The molecule has 0 saturated carbocycles. The van der Waals surface area contributed by atoms with Gasteiger partial charge < -0.3 is 10.1 Å². The fourth-order valence-corrected chi connectivity index (χ4v) is 9.05. The zero-order chi connectivity index (χ0) is 37.1. The Morgan fingerprint density at radius 1 is 0.411 bits per heavy atom. The molecule has 1 aliphatic carbocycles. The molecular formula is C53H36N2O. The number of benzene rings is 8. The summed E-state index contributed by atoms with van der Waals surface area (Å²) in [6, 6.07) is 71.5. The highest BCUT2D eigenvalue weighted by Gasteiger charge is 2.51. The minimum absolute atomic E-state index is 0.313. The number of hydrogen-bond acceptors (Lipinski definition) is 3. The van der Waals surface area contributed by atoms with Gasteiger partial charge in [-0.1, -0.05) is 176 Å². The van der Waals surface area contributed by atoms with E-state index in [4.69, 9.17) is 9.73 Å². The van der Waals surface area contributed by atoms with Gasteiger partial charge in [-0.15, -0.1) is 0 Å². The van der Waals surface area contributed by atoms with Crippen LogP contribution < -0.4 is 10.1 Å². The molecule has 56 heavy (non-hydrogen) atoms. The van der Waals surface area contributed by atoms with Gasteiger partial charge in [0.2, 0.25) is 0 Å². The lowest BCUT2D eigenvalue weighted by Gasteiger charge is -2.39. The Balaban J connectivity index is 1.07. The highest BCUT2D eigenvalue weighted by Crippen LogP contribution is 2.62. The summed E-state index contributed by atoms with van der Waals surface area (Å²) in [5.74, 6) is 1.73. The van der Waals surface area contributed by atoms with Crippen LogP contribution in [0.25, 0.3) is 39.1 Å². The smallest absolute Gasteiger partial charge is 0.145 e. The van der Waals surface area contributed by atoms with Crippen LogP contribution in [0.2, 0.25) is 0 Å². The summed E-state index contributed by atoms with van der Waals surface area (Å²) in [6.45, 7) is 0. The average molecular weight is 717 g/mol.